The lowest BCUT2D eigenvalue weighted by Gasteiger charge is -2.25. The fourth-order valence-electron chi connectivity index (χ4n) is 2.63. The zero-order valence-electron chi connectivity index (χ0n) is 13.6. The van der Waals surface area contributed by atoms with E-state index in [2.05, 4.69) is 10.2 Å². The summed E-state index contributed by atoms with van der Waals surface area (Å²) in [7, 11) is 1.36. The van der Waals surface area contributed by atoms with Gasteiger partial charge in [-0.3, -0.25) is 10.2 Å². The number of rotatable bonds is 6. The second-order valence-corrected chi connectivity index (χ2v) is 6.52. The van der Waals surface area contributed by atoms with Crippen LogP contribution in [0.4, 0.5) is 8.78 Å². The van der Waals surface area contributed by atoms with E-state index in [9.17, 15) is 13.6 Å². The van der Waals surface area contributed by atoms with Crippen molar-refractivity contribution in [3.63, 3.8) is 0 Å². The van der Waals surface area contributed by atoms with E-state index in [1.54, 1.807) is 12.1 Å². The Morgan fingerprint density at radius 3 is 2.81 bits per heavy atom. The van der Waals surface area contributed by atoms with E-state index in [1.165, 1.54) is 29.5 Å². The van der Waals surface area contributed by atoms with Gasteiger partial charge in [-0.2, -0.15) is 8.78 Å². The number of hydrogen-bond donors (Lipinski definition) is 1. The van der Waals surface area contributed by atoms with Crippen molar-refractivity contribution in [3.8, 4) is 11.5 Å². The molecule has 0 saturated carbocycles. The second kappa shape index (κ2) is 7.92. The fraction of sp³-hybridized carbons (Fsp3) is 0.235. The molecule has 0 fully saturated rings. The third-order valence-electron chi connectivity index (χ3n) is 3.76. The van der Waals surface area contributed by atoms with Crippen LogP contribution >= 0.6 is 22.9 Å². The van der Waals surface area contributed by atoms with Crippen molar-refractivity contribution in [2.24, 2.45) is 0 Å². The van der Waals surface area contributed by atoms with Crippen molar-refractivity contribution >= 4 is 34.5 Å². The molecule has 3 rings (SSSR count). The molecule has 0 unspecified atom stereocenters. The smallest absolute Gasteiger partial charge is 0.387 e. The Labute approximate surface area is 157 Å². The highest BCUT2D eigenvalue weighted by Crippen LogP contribution is 2.37. The number of alkyl halides is 3. The minimum atomic E-state index is -2.96. The van der Waals surface area contributed by atoms with E-state index in [1.807, 2.05) is 23.6 Å². The summed E-state index contributed by atoms with van der Waals surface area (Å²) in [5, 5.41) is 3.34. The van der Waals surface area contributed by atoms with E-state index in [-0.39, 0.29) is 23.3 Å². The van der Waals surface area contributed by atoms with Crippen molar-refractivity contribution in [2.75, 3.05) is 13.0 Å². The number of nitrogens with one attached hydrogen (secondary N) is 1. The van der Waals surface area contributed by atoms with Gasteiger partial charge in [-0.1, -0.05) is 12.1 Å². The Bertz CT molecular complexity index is 814. The predicted molar refractivity (Wildman–Crippen MR) is 95.4 cm³/mol. The van der Waals surface area contributed by atoms with Crippen LogP contribution in [0.25, 0.3) is 5.70 Å². The SMILES string of the molecule is COc1cc([C@H]2C=C(c3cccs3)NN2C(=O)CCl)ccc1OC(F)F. The second-order valence-electron chi connectivity index (χ2n) is 5.30. The van der Waals surface area contributed by atoms with Crippen molar-refractivity contribution in [1.82, 2.24) is 10.4 Å². The number of halogens is 3. The lowest BCUT2D eigenvalue weighted by atomic mass is 10.1. The molecule has 0 spiro atoms. The van der Waals surface area contributed by atoms with Gasteiger partial charge >= 0.3 is 6.61 Å². The molecule has 1 aromatic carbocycles. The highest BCUT2D eigenvalue weighted by molar-refractivity contribution is 7.11. The Balaban J connectivity index is 1.97. The highest BCUT2D eigenvalue weighted by atomic mass is 35.5. The zero-order valence-corrected chi connectivity index (χ0v) is 15.2. The first-order chi connectivity index (χ1) is 12.5. The number of thiophene rings is 1. The molecule has 1 amide bonds. The number of carbonyl (C=O) groups is 1. The molecule has 138 valence electrons. The highest BCUT2D eigenvalue weighted by Gasteiger charge is 2.31. The zero-order chi connectivity index (χ0) is 18.7. The molecule has 1 aromatic heterocycles. The molecule has 9 heteroatoms. The third-order valence-corrected chi connectivity index (χ3v) is 4.89. The van der Waals surface area contributed by atoms with Gasteiger partial charge in [-0.05, 0) is 35.2 Å². The van der Waals surface area contributed by atoms with E-state index in [4.69, 9.17) is 16.3 Å². The minimum absolute atomic E-state index is 0.0742. The third kappa shape index (κ3) is 3.76. The first-order valence-corrected chi connectivity index (χ1v) is 8.98. The summed E-state index contributed by atoms with van der Waals surface area (Å²) in [4.78, 5) is 13.2. The van der Waals surface area contributed by atoms with Crippen LogP contribution in [0, 0.1) is 0 Å². The van der Waals surface area contributed by atoms with Gasteiger partial charge < -0.3 is 9.47 Å². The van der Waals surface area contributed by atoms with Gasteiger partial charge in [-0.15, -0.1) is 22.9 Å². The van der Waals surface area contributed by atoms with Crippen molar-refractivity contribution in [3.05, 3.63) is 52.2 Å². The van der Waals surface area contributed by atoms with Gasteiger partial charge in [0.15, 0.2) is 11.5 Å². The molecule has 1 N–H and O–H groups in total. The molecule has 0 aliphatic carbocycles. The maximum absolute atomic E-state index is 12.5. The molecule has 26 heavy (non-hydrogen) atoms. The Morgan fingerprint density at radius 2 is 2.19 bits per heavy atom. The molecule has 0 bridgehead atoms. The van der Waals surface area contributed by atoms with Crippen LogP contribution in [-0.4, -0.2) is 30.5 Å². The van der Waals surface area contributed by atoms with Crippen LogP contribution < -0.4 is 14.9 Å². The molecule has 0 saturated heterocycles. The topological polar surface area (TPSA) is 50.8 Å². The summed E-state index contributed by atoms with van der Waals surface area (Å²) >= 11 is 7.24. The average Bonchev–Trinajstić information content (AvgIpc) is 3.30. The normalized spacial score (nSPS) is 16.4. The first-order valence-electron chi connectivity index (χ1n) is 7.56. The van der Waals surface area contributed by atoms with E-state index in [0.29, 0.717) is 5.56 Å². The van der Waals surface area contributed by atoms with Gasteiger partial charge in [0, 0.05) is 0 Å². The average molecular weight is 401 g/mol. The Kier molecular flexibility index (Phi) is 5.63. The summed E-state index contributed by atoms with van der Waals surface area (Å²) in [5.41, 5.74) is 4.50. The van der Waals surface area contributed by atoms with E-state index >= 15 is 0 Å². The first kappa shape index (κ1) is 18.5. The number of hydrazine groups is 1. The molecular formula is C17H15ClF2N2O3S. The molecule has 2 aromatic rings. The molecular weight excluding hydrogens is 386 g/mol. The number of benzene rings is 1. The maximum atomic E-state index is 12.5. The summed E-state index contributed by atoms with van der Waals surface area (Å²) in [5.74, 6) is -0.432. The summed E-state index contributed by atoms with van der Waals surface area (Å²) in [6.45, 7) is -2.96. The Hall–Kier alpha value is -2.32. The number of amides is 1. The van der Waals surface area contributed by atoms with Crippen LogP contribution in [-0.2, 0) is 4.79 Å². The number of carbonyl (C=O) groups excluding carboxylic acids is 1. The van der Waals surface area contributed by atoms with Gasteiger partial charge in [0.05, 0.1) is 23.7 Å². The van der Waals surface area contributed by atoms with Crippen LogP contribution in [0.5, 0.6) is 11.5 Å². The number of hydrogen-bond acceptors (Lipinski definition) is 5. The monoisotopic (exact) mass is 400 g/mol. The molecule has 1 atom stereocenters. The van der Waals surface area contributed by atoms with Crippen LogP contribution in [0.1, 0.15) is 16.5 Å². The Morgan fingerprint density at radius 1 is 1.38 bits per heavy atom. The van der Waals surface area contributed by atoms with Crippen LogP contribution in [0.2, 0.25) is 0 Å². The van der Waals surface area contributed by atoms with Crippen molar-refractivity contribution < 1.29 is 23.0 Å². The largest absolute Gasteiger partial charge is 0.493 e. The molecule has 1 aliphatic heterocycles. The van der Waals surface area contributed by atoms with E-state index in [0.717, 1.165) is 10.6 Å². The molecule has 1 aliphatic rings. The standard InChI is InChI=1S/C17H15ClF2N2O3S/c1-24-14-7-10(4-5-13(14)25-17(19)20)12-8-11(15-3-2-6-26-15)21-22(12)16(23)9-18/h2-8,12,17,21H,9H2,1H3/t12-/m1/s1. The fourth-order valence-corrected chi connectivity index (χ4v) is 3.46. The number of nitrogens with zero attached hydrogens (tertiary/aromatic N) is 1. The molecule has 0 radical (unpaired) electrons. The number of methoxy groups -OCH3 is 1. The number of ether oxygens (including phenoxy) is 2. The summed E-state index contributed by atoms with van der Waals surface area (Å²) < 4.78 is 34.6. The van der Waals surface area contributed by atoms with Crippen molar-refractivity contribution in [1.29, 1.82) is 0 Å². The molecule has 2 heterocycles. The minimum Gasteiger partial charge on any atom is -0.493 e. The lowest BCUT2D eigenvalue weighted by molar-refractivity contribution is -0.131. The predicted octanol–water partition coefficient (Wildman–Crippen LogP) is 4.03. The van der Waals surface area contributed by atoms with Gasteiger partial charge in [0.2, 0.25) is 0 Å². The van der Waals surface area contributed by atoms with Gasteiger partial charge in [-0.25, -0.2) is 5.01 Å². The summed E-state index contributed by atoms with van der Waals surface area (Å²) in [6, 6.07) is 7.92. The van der Waals surface area contributed by atoms with Gasteiger partial charge in [0.25, 0.3) is 5.91 Å². The quantitative estimate of drug-likeness (QED) is 0.744. The van der Waals surface area contributed by atoms with Crippen molar-refractivity contribution in [2.45, 2.75) is 12.7 Å². The van der Waals surface area contributed by atoms with E-state index < -0.39 is 12.7 Å². The maximum Gasteiger partial charge on any atom is 0.387 e. The van der Waals surface area contributed by atoms with Crippen LogP contribution in [0.15, 0.2) is 41.8 Å². The summed E-state index contributed by atoms with van der Waals surface area (Å²) in [6.07, 6.45) is 1.87. The molecule has 5 nitrogen and oxygen atoms in total. The lowest BCUT2D eigenvalue weighted by Crippen LogP contribution is -2.40. The van der Waals surface area contributed by atoms with Crippen LogP contribution in [0.3, 0.4) is 0 Å². The van der Waals surface area contributed by atoms with Gasteiger partial charge in [0.1, 0.15) is 5.88 Å².